The highest BCUT2D eigenvalue weighted by molar-refractivity contribution is 7.12. The fraction of sp³-hybridized carbons (Fsp3) is 0.278. The number of nitrogens with one attached hydrogen (secondary N) is 2. The maximum atomic E-state index is 13.0. The molecule has 1 aromatic carbocycles. The van der Waals surface area contributed by atoms with Gasteiger partial charge in [0.25, 0.3) is 0 Å². The van der Waals surface area contributed by atoms with Crippen LogP contribution in [-0.4, -0.2) is 30.2 Å². The van der Waals surface area contributed by atoms with Crippen molar-refractivity contribution < 1.29 is 22.7 Å². The Morgan fingerprint density at radius 3 is 2.46 bits per heavy atom. The van der Waals surface area contributed by atoms with Crippen molar-refractivity contribution in [2.45, 2.75) is 24.7 Å². The van der Waals surface area contributed by atoms with Gasteiger partial charge in [-0.3, -0.25) is 15.1 Å². The second-order valence-corrected chi connectivity index (χ2v) is 7.48. The number of carbonyl (C=O) groups is 1. The second kappa shape index (κ2) is 6.83. The molecule has 2 aromatic rings. The maximum Gasteiger partial charge on any atom is 0.573 e. The Hall–Kier alpha value is -3.06. The van der Waals surface area contributed by atoms with Crippen LogP contribution in [0.3, 0.4) is 0 Å². The number of hydrogen-bond acceptors (Lipinski definition) is 5. The molecule has 1 aliphatic rings. The largest absolute Gasteiger partial charge is 0.573 e. The number of amides is 1. The van der Waals surface area contributed by atoms with Crippen molar-refractivity contribution in [3.05, 3.63) is 51.7 Å². The van der Waals surface area contributed by atoms with Crippen molar-refractivity contribution in [3.63, 3.8) is 0 Å². The number of thiophene rings is 1. The third-order valence-corrected chi connectivity index (χ3v) is 5.77. The van der Waals surface area contributed by atoms with E-state index < -0.39 is 23.6 Å². The lowest BCUT2D eigenvalue weighted by molar-refractivity contribution is -0.274. The molecule has 10 heteroatoms. The van der Waals surface area contributed by atoms with Gasteiger partial charge in [0.15, 0.2) is 5.96 Å². The van der Waals surface area contributed by atoms with Crippen LogP contribution in [-0.2, 0) is 10.3 Å². The van der Waals surface area contributed by atoms with Crippen molar-refractivity contribution in [2.24, 2.45) is 0 Å². The van der Waals surface area contributed by atoms with Crippen molar-refractivity contribution in [2.75, 3.05) is 7.05 Å². The third kappa shape index (κ3) is 3.53. The Bertz CT molecular complexity index is 964. The summed E-state index contributed by atoms with van der Waals surface area (Å²) in [5, 5.41) is 20.2. The van der Waals surface area contributed by atoms with Crippen LogP contribution in [0.25, 0.3) is 0 Å². The number of rotatable bonds is 3. The van der Waals surface area contributed by atoms with Gasteiger partial charge in [0.1, 0.15) is 16.7 Å². The molecule has 1 aliphatic heterocycles. The van der Waals surface area contributed by atoms with E-state index in [1.807, 2.05) is 6.07 Å². The van der Waals surface area contributed by atoms with Gasteiger partial charge in [-0.1, -0.05) is 12.1 Å². The molecule has 1 aromatic heterocycles. The summed E-state index contributed by atoms with van der Waals surface area (Å²) in [6, 6.07) is 10.4. The number of carbonyl (C=O) groups excluding carboxylic acids is 1. The van der Waals surface area contributed by atoms with Gasteiger partial charge in [0.2, 0.25) is 5.91 Å². The van der Waals surface area contributed by atoms with E-state index in [1.54, 1.807) is 19.1 Å². The number of guanidine groups is 1. The Labute approximate surface area is 162 Å². The topological polar surface area (TPSA) is 89.2 Å². The Morgan fingerprint density at radius 2 is 1.93 bits per heavy atom. The number of hydrogen-bond donors (Lipinski definition) is 2. The van der Waals surface area contributed by atoms with E-state index in [9.17, 15) is 18.0 Å². The predicted octanol–water partition coefficient (Wildman–Crippen LogP) is 3.51. The molecular formula is C18H15F3N4O2S. The maximum absolute atomic E-state index is 13.0. The highest BCUT2D eigenvalue weighted by Crippen LogP contribution is 2.43. The smallest absolute Gasteiger partial charge is 0.406 e. The molecule has 2 atom stereocenters. The first-order valence-electron chi connectivity index (χ1n) is 8.05. The van der Waals surface area contributed by atoms with Crippen molar-refractivity contribution >= 4 is 23.2 Å². The summed E-state index contributed by atoms with van der Waals surface area (Å²) < 4.78 is 41.1. The van der Waals surface area contributed by atoms with E-state index in [0.29, 0.717) is 15.3 Å². The number of alkyl halides is 3. The van der Waals surface area contributed by atoms with E-state index in [4.69, 9.17) is 10.7 Å². The number of nitriles is 1. The van der Waals surface area contributed by atoms with Gasteiger partial charge < -0.3 is 10.1 Å². The zero-order valence-corrected chi connectivity index (χ0v) is 15.6. The van der Waals surface area contributed by atoms with E-state index in [2.05, 4.69) is 10.1 Å². The fourth-order valence-electron chi connectivity index (χ4n) is 3.17. The zero-order valence-electron chi connectivity index (χ0n) is 14.8. The lowest BCUT2D eigenvalue weighted by atomic mass is 9.77. The van der Waals surface area contributed by atoms with Gasteiger partial charge in [-0.15, -0.1) is 24.5 Å². The van der Waals surface area contributed by atoms with Crippen LogP contribution in [0, 0.1) is 16.7 Å². The van der Waals surface area contributed by atoms with Crippen molar-refractivity contribution in [1.82, 2.24) is 10.2 Å². The summed E-state index contributed by atoms with van der Waals surface area (Å²) in [5.41, 5.74) is -0.590. The standard InChI is InChI=1S/C18H15F3N4O2S/c1-17(13-8-7-12(9-22)28-13)14(15(26)25(2)16(23)24-17)10-3-5-11(6-4-10)27-18(19,20)21/h3-8,14H,1-2H3,(H2,23,24)/t14?,17-/m1/s1. The van der Waals surface area contributed by atoms with Crippen LogP contribution in [0.4, 0.5) is 13.2 Å². The molecular weight excluding hydrogens is 393 g/mol. The highest BCUT2D eigenvalue weighted by atomic mass is 32.1. The second-order valence-electron chi connectivity index (χ2n) is 6.40. The number of nitrogens with zero attached hydrogens (tertiary/aromatic N) is 2. The van der Waals surface area contributed by atoms with Crippen LogP contribution in [0.15, 0.2) is 36.4 Å². The molecule has 1 saturated heterocycles. The van der Waals surface area contributed by atoms with Crippen molar-refractivity contribution in [3.8, 4) is 11.8 Å². The summed E-state index contributed by atoms with van der Waals surface area (Å²) in [5.74, 6) is -1.70. The molecule has 6 nitrogen and oxygen atoms in total. The van der Waals surface area contributed by atoms with E-state index in [-0.39, 0.29) is 11.9 Å². The van der Waals surface area contributed by atoms with Gasteiger partial charge >= 0.3 is 6.36 Å². The van der Waals surface area contributed by atoms with Gasteiger partial charge in [0.05, 0.1) is 11.5 Å². The molecule has 0 bridgehead atoms. The van der Waals surface area contributed by atoms with Crippen LogP contribution < -0.4 is 10.1 Å². The zero-order chi connectivity index (χ0) is 20.7. The van der Waals surface area contributed by atoms with Gasteiger partial charge in [0, 0.05) is 11.9 Å². The molecule has 3 rings (SSSR count). The minimum absolute atomic E-state index is 0.104. The summed E-state index contributed by atoms with van der Waals surface area (Å²) in [6.45, 7) is 1.73. The SMILES string of the molecule is CN1C(=N)N[C@](C)(c2ccc(C#N)s2)C(c2ccc(OC(F)(F)F)cc2)C1=O. The highest BCUT2D eigenvalue weighted by Gasteiger charge is 2.49. The average molecular weight is 408 g/mol. The van der Waals surface area contributed by atoms with Gasteiger partial charge in [-0.05, 0) is 36.8 Å². The molecule has 28 heavy (non-hydrogen) atoms. The number of ether oxygens (including phenoxy) is 1. The summed E-state index contributed by atoms with van der Waals surface area (Å²) >= 11 is 1.19. The van der Waals surface area contributed by atoms with E-state index >= 15 is 0 Å². The third-order valence-electron chi connectivity index (χ3n) is 4.54. The molecule has 1 amide bonds. The van der Waals surface area contributed by atoms with E-state index in [0.717, 1.165) is 17.0 Å². The fourth-order valence-corrected chi connectivity index (χ4v) is 4.11. The molecule has 146 valence electrons. The van der Waals surface area contributed by atoms with Crippen LogP contribution >= 0.6 is 11.3 Å². The monoisotopic (exact) mass is 408 g/mol. The molecule has 2 N–H and O–H groups in total. The van der Waals surface area contributed by atoms with Crippen LogP contribution in [0.5, 0.6) is 5.75 Å². The predicted molar refractivity (Wildman–Crippen MR) is 95.9 cm³/mol. The Morgan fingerprint density at radius 1 is 1.29 bits per heavy atom. The van der Waals surface area contributed by atoms with Crippen LogP contribution in [0.1, 0.15) is 28.2 Å². The minimum Gasteiger partial charge on any atom is -0.406 e. The summed E-state index contributed by atoms with van der Waals surface area (Å²) in [4.78, 5) is 15.2. The quantitative estimate of drug-likeness (QED) is 0.813. The number of halogens is 3. The normalized spacial score (nSPS) is 22.6. The Balaban J connectivity index is 2.04. The van der Waals surface area contributed by atoms with E-state index in [1.165, 1.54) is 30.5 Å². The molecule has 1 unspecified atom stereocenters. The molecule has 0 radical (unpaired) electrons. The Kier molecular flexibility index (Phi) is 4.81. The lowest BCUT2D eigenvalue weighted by Crippen LogP contribution is -2.62. The first-order valence-corrected chi connectivity index (χ1v) is 8.87. The van der Waals surface area contributed by atoms with Crippen molar-refractivity contribution in [1.29, 1.82) is 10.7 Å². The molecule has 1 fully saturated rings. The molecule has 0 aliphatic carbocycles. The molecule has 2 heterocycles. The first kappa shape index (κ1) is 19.7. The minimum atomic E-state index is -4.81. The average Bonchev–Trinajstić information content (AvgIpc) is 3.10. The molecule has 0 spiro atoms. The lowest BCUT2D eigenvalue weighted by Gasteiger charge is -2.45. The molecule has 0 saturated carbocycles. The first-order chi connectivity index (χ1) is 13.0. The number of likely N-dealkylation sites (N-methyl/N-ethyl adjacent to an activating group) is 1. The number of benzene rings is 1. The van der Waals surface area contributed by atoms with Gasteiger partial charge in [-0.2, -0.15) is 5.26 Å². The summed E-state index contributed by atoms with van der Waals surface area (Å²) in [6.07, 6.45) is -4.81. The summed E-state index contributed by atoms with van der Waals surface area (Å²) in [7, 11) is 1.44. The van der Waals surface area contributed by atoms with Gasteiger partial charge in [-0.25, -0.2) is 0 Å². The van der Waals surface area contributed by atoms with Crippen LogP contribution in [0.2, 0.25) is 0 Å².